The molecule has 0 radical (unpaired) electrons. The van der Waals surface area contributed by atoms with Gasteiger partial charge in [-0.3, -0.25) is 4.79 Å². The van der Waals surface area contributed by atoms with E-state index in [1.807, 2.05) is 21.9 Å². The number of hydrogen-bond acceptors (Lipinski definition) is 4. The lowest BCUT2D eigenvalue weighted by Crippen LogP contribution is -2.50. The van der Waals surface area contributed by atoms with Gasteiger partial charge in [0.1, 0.15) is 5.82 Å². The van der Waals surface area contributed by atoms with Crippen molar-refractivity contribution < 1.29 is 4.79 Å². The van der Waals surface area contributed by atoms with Crippen LogP contribution in [0.15, 0.2) is 42.6 Å². The number of halogens is 1. The summed E-state index contributed by atoms with van der Waals surface area (Å²) in [5.41, 5.74) is 1.64. The Bertz CT molecular complexity index is 754. The molecule has 0 N–H and O–H groups in total. The summed E-state index contributed by atoms with van der Waals surface area (Å²) in [7, 11) is 0. The zero-order valence-electron chi connectivity index (χ0n) is 12.4. The molecule has 0 atom stereocenters. The number of piperazine rings is 1. The van der Waals surface area contributed by atoms with Crippen LogP contribution >= 0.6 is 11.6 Å². The number of carbonyl (C=O) groups excluding carboxylic acids is 1. The third kappa shape index (κ3) is 3.43. The first-order valence-electron chi connectivity index (χ1n) is 7.29. The Hall–Kier alpha value is -2.58. The number of pyridine rings is 1. The summed E-state index contributed by atoms with van der Waals surface area (Å²) in [5, 5.41) is 9.37. The van der Waals surface area contributed by atoms with Gasteiger partial charge in [-0.25, -0.2) is 4.98 Å². The van der Waals surface area contributed by atoms with E-state index in [1.54, 1.807) is 30.5 Å². The molecule has 2 aromatic rings. The monoisotopic (exact) mass is 326 g/mol. The molecule has 0 unspecified atom stereocenters. The first-order chi connectivity index (χ1) is 11.2. The van der Waals surface area contributed by atoms with Gasteiger partial charge in [0.15, 0.2) is 0 Å². The first-order valence-corrected chi connectivity index (χ1v) is 7.67. The fourth-order valence-electron chi connectivity index (χ4n) is 2.57. The lowest BCUT2D eigenvalue weighted by Gasteiger charge is -2.35. The molecule has 1 aromatic carbocycles. The SMILES string of the molecule is N#Cc1ccc(CN2CCN(c3ncccc3Cl)CC2=O)cc1. The van der Waals surface area contributed by atoms with Gasteiger partial charge in [0.2, 0.25) is 5.91 Å². The number of nitriles is 1. The maximum Gasteiger partial charge on any atom is 0.242 e. The molecule has 116 valence electrons. The predicted molar refractivity (Wildman–Crippen MR) is 88.0 cm³/mol. The summed E-state index contributed by atoms with van der Waals surface area (Å²) in [6.07, 6.45) is 1.68. The molecule has 1 fully saturated rings. The van der Waals surface area contributed by atoms with Crippen LogP contribution in [0.2, 0.25) is 5.02 Å². The van der Waals surface area contributed by atoms with Crippen molar-refractivity contribution in [2.75, 3.05) is 24.5 Å². The highest BCUT2D eigenvalue weighted by Gasteiger charge is 2.25. The standard InChI is InChI=1S/C17H15ClN4O/c18-15-2-1-7-20-17(15)22-9-8-21(16(23)12-22)11-14-5-3-13(10-19)4-6-14/h1-7H,8-9,11-12H2. The number of benzene rings is 1. The minimum Gasteiger partial charge on any atom is -0.344 e. The Kier molecular flexibility index (Phi) is 4.45. The Labute approximate surface area is 139 Å². The van der Waals surface area contributed by atoms with Crippen molar-refractivity contribution in [3.63, 3.8) is 0 Å². The molecular weight excluding hydrogens is 312 g/mol. The second-order valence-corrected chi connectivity index (χ2v) is 5.76. The number of aromatic nitrogens is 1. The van der Waals surface area contributed by atoms with Crippen LogP contribution in [-0.4, -0.2) is 35.4 Å². The number of anilines is 1. The minimum absolute atomic E-state index is 0.0438. The number of nitrogens with zero attached hydrogens (tertiary/aromatic N) is 4. The Balaban J connectivity index is 1.66. The summed E-state index contributed by atoms with van der Waals surface area (Å²) in [6, 6.07) is 12.9. The maximum absolute atomic E-state index is 12.4. The van der Waals surface area contributed by atoms with E-state index in [0.717, 1.165) is 5.56 Å². The van der Waals surface area contributed by atoms with Crippen LogP contribution in [0.1, 0.15) is 11.1 Å². The highest BCUT2D eigenvalue weighted by Crippen LogP contribution is 2.24. The molecule has 1 aliphatic heterocycles. The Morgan fingerprint density at radius 3 is 2.65 bits per heavy atom. The van der Waals surface area contributed by atoms with Crippen molar-refractivity contribution in [1.82, 2.24) is 9.88 Å². The van der Waals surface area contributed by atoms with Gasteiger partial charge >= 0.3 is 0 Å². The molecule has 2 heterocycles. The third-order valence-electron chi connectivity index (χ3n) is 3.81. The Morgan fingerprint density at radius 2 is 2.00 bits per heavy atom. The van der Waals surface area contributed by atoms with Crippen molar-refractivity contribution in [2.24, 2.45) is 0 Å². The van der Waals surface area contributed by atoms with Crippen LogP contribution in [0.5, 0.6) is 0 Å². The lowest BCUT2D eigenvalue weighted by molar-refractivity contribution is -0.131. The largest absolute Gasteiger partial charge is 0.344 e. The highest BCUT2D eigenvalue weighted by molar-refractivity contribution is 6.33. The second kappa shape index (κ2) is 6.67. The molecule has 3 rings (SSSR count). The lowest BCUT2D eigenvalue weighted by atomic mass is 10.1. The number of carbonyl (C=O) groups is 1. The van der Waals surface area contributed by atoms with Gasteiger partial charge in [0.25, 0.3) is 0 Å². The summed E-state index contributed by atoms with van der Waals surface area (Å²) in [5.74, 6) is 0.697. The zero-order chi connectivity index (χ0) is 16.2. The number of hydrogen-bond donors (Lipinski definition) is 0. The van der Waals surface area contributed by atoms with Crippen molar-refractivity contribution in [1.29, 1.82) is 5.26 Å². The number of rotatable bonds is 3. The van der Waals surface area contributed by atoms with E-state index in [0.29, 0.717) is 36.0 Å². The van der Waals surface area contributed by atoms with Crippen LogP contribution in [0.25, 0.3) is 0 Å². The van der Waals surface area contributed by atoms with Crippen LogP contribution in [0, 0.1) is 11.3 Å². The Morgan fingerprint density at radius 1 is 1.22 bits per heavy atom. The van der Waals surface area contributed by atoms with E-state index >= 15 is 0 Å². The average Bonchev–Trinajstić information content (AvgIpc) is 2.58. The van der Waals surface area contributed by atoms with Gasteiger partial charge in [0, 0.05) is 25.8 Å². The maximum atomic E-state index is 12.4. The van der Waals surface area contributed by atoms with Crippen molar-refractivity contribution in [3.8, 4) is 6.07 Å². The van der Waals surface area contributed by atoms with Crippen molar-refractivity contribution >= 4 is 23.3 Å². The molecule has 0 aliphatic carbocycles. The molecule has 1 saturated heterocycles. The molecular formula is C17H15ClN4O. The van der Waals surface area contributed by atoms with Gasteiger partial charge in [0.05, 0.1) is 23.2 Å². The van der Waals surface area contributed by atoms with Gasteiger partial charge in [-0.15, -0.1) is 0 Å². The third-order valence-corrected chi connectivity index (χ3v) is 4.11. The van der Waals surface area contributed by atoms with E-state index in [4.69, 9.17) is 16.9 Å². The van der Waals surface area contributed by atoms with E-state index < -0.39 is 0 Å². The molecule has 0 bridgehead atoms. The van der Waals surface area contributed by atoms with Gasteiger partial charge < -0.3 is 9.80 Å². The molecule has 6 heteroatoms. The van der Waals surface area contributed by atoms with Gasteiger partial charge in [-0.2, -0.15) is 5.26 Å². The summed E-state index contributed by atoms with van der Waals surface area (Å²) < 4.78 is 0. The highest BCUT2D eigenvalue weighted by atomic mass is 35.5. The van der Waals surface area contributed by atoms with Crippen molar-refractivity contribution in [3.05, 3.63) is 58.7 Å². The number of amides is 1. The van der Waals surface area contributed by atoms with E-state index in [1.165, 1.54) is 0 Å². The molecule has 1 aliphatic rings. The second-order valence-electron chi connectivity index (χ2n) is 5.35. The summed E-state index contributed by atoms with van der Waals surface area (Å²) in [4.78, 5) is 20.4. The molecule has 5 nitrogen and oxygen atoms in total. The smallest absolute Gasteiger partial charge is 0.242 e. The average molecular weight is 327 g/mol. The molecule has 1 aromatic heterocycles. The van der Waals surface area contributed by atoms with Crippen LogP contribution in [0.3, 0.4) is 0 Å². The molecule has 23 heavy (non-hydrogen) atoms. The quantitative estimate of drug-likeness (QED) is 0.869. The van der Waals surface area contributed by atoms with Gasteiger partial charge in [-0.05, 0) is 29.8 Å². The molecule has 1 amide bonds. The fraction of sp³-hybridized carbons (Fsp3) is 0.235. The normalized spacial score (nSPS) is 14.7. The van der Waals surface area contributed by atoms with E-state index in [2.05, 4.69) is 11.1 Å². The van der Waals surface area contributed by atoms with Crippen molar-refractivity contribution in [2.45, 2.75) is 6.54 Å². The zero-order valence-corrected chi connectivity index (χ0v) is 13.2. The van der Waals surface area contributed by atoms with Crippen LogP contribution in [-0.2, 0) is 11.3 Å². The van der Waals surface area contributed by atoms with Gasteiger partial charge in [-0.1, -0.05) is 23.7 Å². The van der Waals surface area contributed by atoms with E-state index in [-0.39, 0.29) is 12.5 Å². The molecule has 0 spiro atoms. The van der Waals surface area contributed by atoms with E-state index in [9.17, 15) is 4.79 Å². The minimum atomic E-state index is 0.0438. The first kappa shape index (κ1) is 15.3. The predicted octanol–water partition coefficient (Wildman–Crippen LogP) is 2.46. The summed E-state index contributed by atoms with van der Waals surface area (Å²) >= 11 is 6.14. The van der Waals surface area contributed by atoms with Crippen LogP contribution < -0.4 is 4.90 Å². The molecule has 0 saturated carbocycles. The fourth-order valence-corrected chi connectivity index (χ4v) is 2.81. The van der Waals surface area contributed by atoms with Crippen LogP contribution in [0.4, 0.5) is 5.82 Å². The summed E-state index contributed by atoms with van der Waals surface area (Å²) in [6.45, 7) is 2.13. The topological polar surface area (TPSA) is 60.2 Å².